The molecule has 2 rings (SSSR count). The van der Waals surface area contributed by atoms with Crippen molar-refractivity contribution in [1.82, 2.24) is 9.80 Å². The monoisotopic (exact) mass is 311 g/mol. The molecule has 0 saturated carbocycles. The standard InChI is InChI=1S/C13H18BrN3O/c1-16-3-2-4-17(9-13(16)18)8-10-5-11(14)7-12(15)6-10/h5-7H,2-4,8-9,15H2,1H3. The van der Waals surface area contributed by atoms with Crippen LogP contribution >= 0.6 is 15.9 Å². The van der Waals surface area contributed by atoms with Crippen molar-refractivity contribution in [1.29, 1.82) is 0 Å². The molecule has 2 N–H and O–H groups in total. The normalized spacial score (nSPS) is 17.9. The van der Waals surface area contributed by atoms with E-state index in [9.17, 15) is 4.79 Å². The maximum Gasteiger partial charge on any atom is 0.236 e. The lowest BCUT2D eigenvalue weighted by Crippen LogP contribution is -2.34. The lowest BCUT2D eigenvalue weighted by atomic mass is 10.2. The van der Waals surface area contributed by atoms with Crippen LogP contribution < -0.4 is 5.73 Å². The van der Waals surface area contributed by atoms with E-state index in [0.29, 0.717) is 6.54 Å². The predicted molar refractivity (Wildman–Crippen MR) is 76.1 cm³/mol. The summed E-state index contributed by atoms with van der Waals surface area (Å²) < 4.78 is 0.982. The summed E-state index contributed by atoms with van der Waals surface area (Å²) in [5, 5.41) is 0. The molecule has 0 aromatic heterocycles. The van der Waals surface area contributed by atoms with E-state index >= 15 is 0 Å². The summed E-state index contributed by atoms with van der Waals surface area (Å²) in [4.78, 5) is 15.8. The van der Waals surface area contributed by atoms with Crippen molar-refractivity contribution >= 4 is 27.5 Å². The number of hydrogen-bond acceptors (Lipinski definition) is 3. The van der Waals surface area contributed by atoms with E-state index in [1.54, 1.807) is 4.90 Å². The van der Waals surface area contributed by atoms with Crippen LogP contribution in [0, 0.1) is 0 Å². The fourth-order valence-electron chi connectivity index (χ4n) is 2.21. The molecular weight excluding hydrogens is 294 g/mol. The number of anilines is 1. The van der Waals surface area contributed by atoms with Gasteiger partial charge in [0.05, 0.1) is 6.54 Å². The molecule has 1 saturated heterocycles. The van der Waals surface area contributed by atoms with Gasteiger partial charge in [0.2, 0.25) is 5.91 Å². The maximum atomic E-state index is 11.8. The van der Waals surface area contributed by atoms with Crippen LogP contribution in [0.1, 0.15) is 12.0 Å². The topological polar surface area (TPSA) is 49.6 Å². The van der Waals surface area contributed by atoms with Crippen LogP contribution in [0.5, 0.6) is 0 Å². The molecule has 1 aromatic carbocycles. The lowest BCUT2D eigenvalue weighted by molar-refractivity contribution is -0.129. The zero-order valence-corrected chi connectivity index (χ0v) is 12.1. The molecular formula is C13H18BrN3O. The number of carbonyl (C=O) groups excluding carboxylic acids is 1. The van der Waals surface area contributed by atoms with Crippen molar-refractivity contribution in [3.63, 3.8) is 0 Å². The van der Waals surface area contributed by atoms with E-state index in [1.165, 1.54) is 0 Å². The Kier molecular flexibility index (Phi) is 4.24. The van der Waals surface area contributed by atoms with E-state index in [-0.39, 0.29) is 5.91 Å². The summed E-state index contributed by atoms with van der Waals surface area (Å²) in [5.74, 6) is 0.190. The molecule has 1 heterocycles. The van der Waals surface area contributed by atoms with Crippen LogP contribution in [-0.2, 0) is 11.3 Å². The fraction of sp³-hybridized carbons (Fsp3) is 0.462. The fourth-order valence-corrected chi connectivity index (χ4v) is 2.77. The van der Waals surface area contributed by atoms with Crippen molar-refractivity contribution in [2.24, 2.45) is 0 Å². The molecule has 5 heteroatoms. The Morgan fingerprint density at radius 2 is 2.11 bits per heavy atom. The second kappa shape index (κ2) is 5.71. The summed E-state index contributed by atoms with van der Waals surface area (Å²) in [6.45, 7) is 3.05. The number of hydrogen-bond donors (Lipinski definition) is 1. The molecule has 1 aromatic rings. The summed E-state index contributed by atoms with van der Waals surface area (Å²) >= 11 is 3.44. The number of benzene rings is 1. The van der Waals surface area contributed by atoms with Crippen molar-refractivity contribution in [3.8, 4) is 0 Å². The average molecular weight is 312 g/mol. The first kappa shape index (κ1) is 13.4. The van der Waals surface area contributed by atoms with E-state index in [2.05, 4.69) is 26.9 Å². The number of nitrogen functional groups attached to an aromatic ring is 1. The van der Waals surface area contributed by atoms with Crippen molar-refractivity contribution < 1.29 is 4.79 Å². The Balaban J connectivity index is 2.06. The van der Waals surface area contributed by atoms with Crippen LogP contribution in [-0.4, -0.2) is 42.4 Å². The first-order valence-electron chi connectivity index (χ1n) is 6.06. The van der Waals surface area contributed by atoms with Gasteiger partial charge in [-0.05, 0) is 30.2 Å². The van der Waals surface area contributed by atoms with Gasteiger partial charge in [-0.1, -0.05) is 15.9 Å². The van der Waals surface area contributed by atoms with E-state index in [1.807, 2.05) is 19.2 Å². The van der Waals surface area contributed by atoms with Crippen molar-refractivity contribution in [2.45, 2.75) is 13.0 Å². The number of nitrogens with two attached hydrogens (primary N) is 1. The second-order valence-corrected chi connectivity index (χ2v) is 5.69. The zero-order chi connectivity index (χ0) is 13.1. The largest absolute Gasteiger partial charge is 0.399 e. The highest BCUT2D eigenvalue weighted by Gasteiger charge is 2.18. The van der Waals surface area contributed by atoms with Crippen LogP contribution in [0.25, 0.3) is 0 Å². The Labute approximate surface area is 116 Å². The first-order chi connectivity index (χ1) is 8.54. The highest BCUT2D eigenvalue weighted by molar-refractivity contribution is 9.10. The number of halogens is 1. The number of rotatable bonds is 2. The van der Waals surface area contributed by atoms with Gasteiger partial charge in [0.1, 0.15) is 0 Å². The van der Waals surface area contributed by atoms with Crippen LogP contribution in [0.2, 0.25) is 0 Å². The minimum atomic E-state index is 0.190. The van der Waals surface area contributed by atoms with Crippen molar-refractivity contribution in [2.75, 3.05) is 32.4 Å². The average Bonchev–Trinajstić information content (AvgIpc) is 2.40. The predicted octanol–water partition coefficient (Wildman–Crippen LogP) is 1.70. The maximum absolute atomic E-state index is 11.8. The molecule has 1 aliphatic heterocycles. The molecule has 4 nitrogen and oxygen atoms in total. The smallest absolute Gasteiger partial charge is 0.236 e. The molecule has 0 aliphatic carbocycles. The van der Waals surface area contributed by atoms with Crippen molar-refractivity contribution in [3.05, 3.63) is 28.2 Å². The molecule has 1 fully saturated rings. The third-order valence-corrected chi connectivity index (χ3v) is 3.60. The molecule has 0 spiro atoms. The molecule has 1 aliphatic rings. The minimum Gasteiger partial charge on any atom is -0.399 e. The molecule has 18 heavy (non-hydrogen) atoms. The van der Waals surface area contributed by atoms with Gasteiger partial charge in [-0.2, -0.15) is 0 Å². The van der Waals surface area contributed by atoms with Gasteiger partial charge in [0.25, 0.3) is 0 Å². The number of carbonyl (C=O) groups is 1. The summed E-state index contributed by atoms with van der Waals surface area (Å²) in [7, 11) is 1.86. The molecule has 98 valence electrons. The van der Waals surface area contributed by atoms with E-state index < -0.39 is 0 Å². The highest BCUT2D eigenvalue weighted by Crippen LogP contribution is 2.19. The van der Waals surface area contributed by atoms with E-state index in [4.69, 9.17) is 5.73 Å². The first-order valence-corrected chi connectivity index (χ1v) is 6.85. The van der Waals surface area contributed by atoms with Gasteiger partial charge >= 0.3 is 0 Å². The molecule has 0 atom stereocenters. The Bertz CT molecular complexity index is 430. The molecule has 0 unspecified atom stereocenters. The zero-order valence-electron chi connectivity index (χ0n) is 10.5. The SMILES string of the molecule is CN1CCCN(Cc2cc(N)cc(Br)c2)CC1=O. The minimum absolute atomic E-state index is 0.190. The number of nitrogens with zero attached hydrogens (tertiary/aromatic N) is 2. The third-order valence-electron chi connectivity index (χ3n) is 3.14. The van der Waals surface area contributed by atoms with Gasteiger partial charge in [0.15, 0.2) is 0 Å². The molecule has 0 bridgehead atoms. The Morgan fingerprint density at radius 1 is 1.33 bits per heavy atom. The van der Waals surface area contributed by atoms with Gasteiger partial charge in [-0.25, -0.2) is 0 Å². The van der Waals surface area contributed by atoms with Gasteiger partial charge in [-0.15, -0.1) is 0 Å². The number of likely N-dealkylation sites (N-methyl/N-ethyl adjacent to an activating group) is 1. The lowest BCUT2D eigenvalue weighted by Gasteiger charge is -2.19. The third kappa shape index (κ3) is 3.46. The Morgan fingerprint density at radius 3 is 2.83 bits per heavy atom. The van der Waals surface area contributed by atoms with Crippen LogP contribution in [0.15, 0.2) is 22.7 Å². The summed E-state index contributed by atoms with van der Waals surface area (Å²) in [6.07, 6.45) is 1.02. The Hall–Kier alpha value is -1.07. The van der Waals surface area contributed by atoms with Gasteiger partial charge in [-0.3, -0.25) is 9.69 Å². The molecule has 0 radical (unpaired) electrons. The quantitative estimate of drug-likeness (QED) is 0.846. The van der Waals surface area contributed by atoms with Gasteiger partial charge < -0.3 is 10.6 Å². The summed E-state index contributed by atoms with van der Waals surface area (Å²) in [6, 6.07) is 5.89. The van der Waals surface area contributed by atoms with Gasteiger partial charge in [0, 0.05) is 36.8 Å². The van der Waals surface area contributed by atoms with E-state index in [0.717, 1.165) is 41.8 Å². The number of amides is 1. The van der Waals surface area contributed by atoms with Crippen LogP contribution in [0.3, 0.4) is 0 Å². The second-order valence-electron chi connectivity index (χ2n) is 4.77. The summed E-state index contributed by atoms with van der Waals surface area (Å²) in [5.41, 5.74) is 7.71. The highest BCUT2D eigenvalue weighted by atomic mass is 79.9. The van der Waals surface area contributed by atoms with Crippen LogP contribution in [0.4, 0.5) is 5.69 Å². The molecule has 1 amide bonds.